The number of ether oxygens (including phenoxy) is 1. The molecule has 5 N–H and O–H groups in total. The molecule has 0 unspecified atom stereocenters. The van der Waals surface area contributed by atoms with Crippen LogP contribution in [0.3, 0.4) is 0 Å². The second kappa shape index (κ2) is 5.89. The Labute approximate surface area is 168 Å². The van der Waals surface area contributed by atoms with Gasteiger partial charge in [0.1, 0.15) is 12.2 Å². The van der Waals surface area contributed by atoms with Crippen molar-refractivity contribution in [3.63, 3.8) is 0 Å². The summed E-state index contributed by atoms with van der Waals surface area (Å²) < 4.78 is 7.68. The van der Waals surface area contributed by atoms with Crippen molar-refractivity contribution in [2.75, 3.05) is 30.3 Å². The molecule has 1 aromatic heterocycles. The third-order valence-electron chi connectivity index (χ3n) is 7.00. The molecule has 1 aromatic carbocycles. The maximum atomic E-state index is 12.9. The summed E-state index contributed by atoms with van der Waals surface area (Å²) in [5.41, 5.74) is 15.0. The maximum absolute atomic E-state index is 12.9. The number of nitrogens with zero attached hydrogens (tertiary/aromatic N) is 2. The second-order valence-corrected chi connectivity index (χ2v) is 8.84. The van der Waals surface area contributed by atoms with E-state index in [0.29, 0.717) is 34.9 Å². The lowest BCUT2D eigenvalue weighted by Gasteiger charge is -2.33. The van der Waals surface area contributed by atoms with Gasteiger partial charge in [-0.3, -0.25) is 9.36 Å². The lowest BCUT2D eigenvalue weighted by Crippen LogP contribution is -2.36. The number of pyridine rings is 1. The van der Waals surface area contributed by atoms with Crippen LogP contribution < -0.4 is 26.7 Å². The van der Waals surface area contributed by atoms with Crippen molar-refractivity contribution in [1.82, 2.24) is 4.57 Å². The lowest BCUT2D eigenvalue weighted by molar-refractivity contribution is 0.0694. The van der Waals surface area contributed by atoms with Gasteiger partial charge in [0.25, 0.3) is 5.56 Å². The minimum atomic E-state index is -1.25. The fourth-order valence-electron chi connectivity index (χ4n) is 5.04. The van der Waals surface area contributed by atoms with Crippen LogP contribution in [-0.2, 0) is 0 Å². The zero-order valence-electron chi connectivity index (χ0n) is 16.7. The molecule has 5 rings (SSSR count). The molecule has 2 fully saturated rings. The summed E-state index contributed by atoms with van der Waals surface area (Å²) >= 11 is 0. The van der Waals surface area contributed by atoms with Gasteiger partial charge in [0, 0.05) is 29.7 Å². The van der Waals surface area contributed by atoms with E-state index in [1.807, 2.05) is 13.8 Å². The standard InChI is InChI=1S/C21H26N4O4/c1-10-9-29-18-16(24-6-3-12(8-24)21(23)4-5-21)11(2)15(22)13-7-14(20(27)28)19(26)25(10)17(13)18/h7,10,12H,3-6,8-9,22-23H2,1-2H3,(H,27,28)/t10-,12+/m0/s1. The molecule has 29 heavy (non-hydrogen) atoms. The van der Waals surface area contributed by atoms with Crippen LogP contribution in [0.25, 0.3) is 10.9 Å². The van der Waals surface area contributed by atoms with Crippen molar-refractivity contribution in [2.24, 2.45) is 11.7 Å². The van der Waals surface area contributed by atoms with Crippen LogP contribution in [-0.4, -0.2) is 40.9 Å². The highest BCUT2D eigenvalue weighted by Crippen LogP contribution is 2.50. The molecule has 2 aromatic rings. The van der Waals surface area contributed by atoms with Crippen LogP contribution in [0, 0.1) is 12.8 Å². The summed E-state index contributed by atoms with van der Waals surface area (Å²) in [7, 11) is 0. The molecule has 0 amide bonds. The van der Waals surface area contributed by atoms with E-state index in [2.05, 4.69) is 4.90 Å². The summed E-state index contributed by atoms with van der Waals surface area (Å²) in [5, 5.41) is 10.1. The highest BCUT2D eigenvalue weighted by molar-refractivity contribution is 6.05. The van der Waals surface area contributed by atoms with Gasteiger partial charge in [-0.2, -0.15) is 0 Å². The topological polar surface area (TPSA) is 124 Å². The fourth-order valence-corrected chi connectivity index (χ4v) is 5.04. The molecule has 0 radical (unpaired) electrons. The van der Waals surface area contributed by atoms with Crippen molar-refractivity contribution in [3.05, 3.63) is 27.5 Å². The molecule has 2 atom stereocenters. The van der Waals surface area contributed by atoms with Crippen LogP contribution in [0.5, 0.6) is 5.75 Å². The predicted molar refractivity (Wildman–Crippen MR) is 111 cm³/mol. The van der Waals surface area contributed by atoms with Gasteiger partial charge >= 0.3 is 5.97 Å². The number of aromatic nitrogens is 1. The Morgan fingerprint density at radius 3 is 2.76 bits per heavy atom. The molecular weight excluding hydrogens is 372 g/mol. The van der Waals surface area contributed by atoms with E-state index in [4.69, 9.17) is 16.2 Å². The molecule has 2 aliphatic heterocycles. The van der Waals surface area contributed by atoms with Gasteiger partial charge in [-0.15, -0.1) is 0 Å². The van der Waals surface area contributed by atoms with E-state index in [1.165, 1.54) is 10.6 Å². The van der Waals surface area contributed by atoms with E-state index in [-0.39, 0.29) is 17.1 Å². The number of carboxylic acids is 1. The molecule has 154 valence electrons. The predicted octanol–water partition coefficient (Wildman–Crippen LogP) is 1.86. The largest absolute Gasteiger partial charge is 0.487 e. The summed E-state index contributed by atoms with van der Waals surface area (Å²) in [4.78, 5) is 26.8. The minimum Gasteiger partial charge on any atom is -0.487 e. The Balaban J connectivity index is 1.75. The summed E-state index contributed by atoms with van der Waals surface area (Å²) in [6, 6.07) is 1.11. The maximum Gasteiger partial charge on any atom is 0.341 e. The Kier molecular flexibility index (Phi) is 3.71. The van der Waals surface area contributed by atoms with Crippen LogP contribution in [0.4, 0.5) is 11.4 Å². The van der Waals surface area contributed by atoms with Gasteiger partial charge in [0.05, 0.1) is 17.2 Å². The Bertz CT molecular complexity index is 1120. The molecule has 1 saturated heterocycles. The highest BCUT2D eigenvalue weighted by atomic mass is 16.5. The molecule has 1 saturated carbocycles. The third-order valence-corrected chi connectivity index (χ3v) is 7.00. The zero-order valence-corrected chi connectivity index (χ0v) is 16.7. The van der Waals surface area contributed by atoms with E-state index in [1.54, 1.807) is 0 Å². The molecule has 1 aliphatic carbocycles. The van der Waals surface area contributed by atoms with Crippen LogP contribution in [0.15, 0.2) is 10.9 Å². The van der Waals surface area contributed by atoms with Crippen molar-refractivity contribution >= 4 is 28.2 Å². The van der Waals surface area contributed by atoms with Gasteiger partial charge in [-0.1, -0.05) is 0 Å². The van der Waals surface area contributed by atoms with E-state index < -0.39 is 11.5 Å². The first-order valence-corrected chi connectivity index (χ1v) is 10.1. The Morgan fingerprint density at radius 2 is 2.10 bits per heavy atom. The molecular formula is C21H26N4O4. The summed E-state index contributed by atoms with van der Waals surface area (Å²) in [6.07, 6.45) is 3.17. The molecule has 3 aliphatic rings. The number of carboxylic acid groups (broad SMARTS) is 1. The number of hydrogen-bond donors (Lipinski definition) is 3. The van der Waals surface area contributed by atoms with Crippen molar-refractivity contribution in [1.29, 1.82) is 0 Å². The first kappa shape index (κ1) is 18.3. The van der Waals surface area contributed by atoms with Gasteiger partial charge in [0.15, 0.2) is 5.75 Å². The Morgan fingerprint density at radius 1 is 1.38 bits per heavy atom. The van der Waals surface area contributed by atoms with E-state index in [9.17, 15) is 14.7 Å². The minimum absolute atomic E-state index is 0.0455. The van der Waals surface area contributed by atoms with Gasteiger partial charge in [0.2, 0.25) is 0 Å². The normalized spacial score (nSPS) is 24.6. The second-order valence-electron chi connectivity index (χ2n) is 8.84. The first-order chi connectivity index (χ1) is 13.7. The fraction of sp³-hybridized carbons (Fsp3) is 0.524. The number of aromatic carboxylic acids is 1. The average Bonchev–Trinajstić information content (AvgIpc) is 3.23. The zero-order chi connectivity index (χ0) is 20.7. The lowest BCUT2D eigenvalue weighted by atomic mass is 9.97. The number of nitrogens with two attached hydrogens (primary N) is 2. The highest BCUT2D eigenvalue weighted by Gasteiger charge is 2.48. The van der Waals surface area contributed by atoms with Crippen molar-refractivity contribution < 1.29 is 14.6 Å². The number of anilines is 2. The molecule has 8 nitrogen and oxygen atoms in total. The SMILES string of the molecule is Cc1c(N2CC[C@@H](C3(N)CC3)C2)c2c3c(cc(C(=O)O)c(=O)n3[C@@H](C)CO2)c1N. The molecule has 8 heteroatoms. The summed E-state index contributed by atoms with van der Waals surface area (Å²) in [5.74, 6) is -0.187. The quantitative estimate of drug-likeness (QED) is 0.674. The van der Waals surface area contributed by atoms with E-state index >= 15 is 0 Å². The van der Waals surface area contributed by atoms with Crippen molar-refractivity contribution in [3.8, 4) is 5.75 Å². The number of nitrogen functional groups attached to an aromatic ring is 1. The van der Waals surface area contributed by atoms with Crippen LogP contribution in [0.2, 0.25) is 0 Å². The number of rotatable bonds is 3. The van der Waals surface area contributed by atoms with Crippen LogP contribution >= 0.6 is 0 Å². The Hall–Kier alpha value is -2.74. The van der Waals surface area contributed by atoms with Gasteiger partial charge in [-0.05, 0) is 50.7 Å². The molecule has 0 bridgehead atoms. The monoisotopic (exact) mass is 398 g/mol. The van der Waals surface area contributed by atoms with Gasteiger partial charge < -0.3 is 26.2 Å². The number of carbonyl (C=O) groups is 1. The smallest absolute Gasteiger partial charge is 0.341 e. The molecule has 0 spiro atoms. The molecule has 3 heterocycles. The van der Waals surface area contributed by atoms with Crippen LogP contribution in [0.1, 0.15) is 48.1 Å². The van der Waals surface area contributed by atoms with Crippen molar-refractivity contribution in [2.45, 2.75) is 44.7 Å². The van der Waals surface area contributed by atoms with E-state index in [0.717, 1.165) is 43.6 Å². The average molecular weight is 398 g/mol. The first-order valence-electron chi connectivity index (χ1n) is 10.1. The summed E-state index contributed by atoms with van der Waals surface area (Å²) in [6.45, 7) is 5.78. The number of benzene rings is 1. The number of hydrogen-bond acceptors (Lipinski definition) is 6. The van der Waals surface area contributed by atoms with Gasteiger partial charge in [-0.25, -0.2) is 4.79 Å². The third kappa shape index (κ3) is 2.48.